The molecule has 2 saturated heterocycles. The van der Waals surface area contributed by atoms with Crippen LogP contribution in [-0.2, 0) is 4.79 Å². The number of carbonyl (C=O) groups excluding carboxylic acids is 1. The van der Waals surface area contributed by atoms with Crippen molar-refractivity contribution in [2.45, 2.75) is 12.5 Å². The molecule has 1 N–H and O–H groups in total. The van der Waals surface area contributed by atoms with Gasteiger partial charge in [0, 0.05) is 45.8 Å². The van der Waals surface area contributed by atoms with Gasteiger partial charge in [-0.25, -0.2) is 0 Å². The molecule has 2 heterocycles. The third-order valence-electron chi connectivity index (χ3n) is 3.88. The molecule has 1 amide bonds. The molecule has 0 aliphatic carbocycles. The number of hydrogen-bond acceptors (Lipinski definition) is 4. The summed E-state index contributed by atoms with van der Waals surface area (Å²) in [5.74, 6) is 0.271. The SMILES string of the molecule is CN1CCC(N(C)C(=O)CN2CCNCC2)C1. The summed E-state index contributed by atoms with van der Waals surface area (Å²) in [6, 6.07) is 0.412. The van der Waals surface area contributed by atoms with E-state index < -0.39 is 0 Å². The van der Waals surface area contributed by atoms with Crippen LogP contribution in [0.5, 0.6) is 0 Å². The maximum absolute atomic E-state index is 12.2. The van der Waals surface area contributed by atoms with Gasteiger partial charge >= 0.3 is 0 Å². The minimum absolute atomic E-state index is 0.271. The van der Waals surface area contributed by atoms with Crippen LogP contribution in [0.2, 0.25) is 0 Å². The molecule has 0 aromatic rings. The van der Waals surface area contributed by atoms with Crippen LogP contribution < -0.4 is 5.32 Å². The molecule has 0 bridgehead atoms. The molecular formula is C12H24N4O. The highest BCUT2D eigenvalue weighted by Gasteiger charge is 2.27. The van der Waals surface area contributed by atoms with Crippen LogP contribution in [0.1, 0.15) is 6.42 Å². The number of likely N-dealkylation sites (tertiary alicyclic amines) is 1. The molecule has 2 rings (SSSR count). The lowest BCUT2D eigenvalue weighted by molar-refractivity contribution is -0.133. The molecule has 1 unspecified atom stereocenters. The first-order chi connectivity index (χ1) is 8.16. The second-order valence-electron chi connectivity index (χ2n) is 5.24. The Balaban J connectivity index is 1.78. The van der Waals surface area contributed by atoms with Gasteiger partial charge in [-0.2, -0.15) is 0 Å². The minimum atomic E-state index is 0.271. The summed E-state index contributed by atoms with van der Waals surface area (Å²) < 4.78 is 0. The van der Waals surface area contributed by atoms with E-state index in [1.165, 1.54) is 0 Å². The fourth-order valence-electron chi connectivity index (χ4n) is 2.60. The average Bonchev–Trinajstić information content (AvgIpc) is 2.76. The Morgan fingerprint density at radius 2 is 2.06 bits per heavy atom. The highest BCUT2D eigenvalue weighted by atomic mass is 16.2. The van der Waals surface area contributed by atoms with Crippen molar-refractivity contribution in [1.29, 1.82) is 0 Å². The van der Waals surface area contributed by atoms with Crippen LogP contribution in [-0.4, -0.2) is 86.6 Å². The summed E-state index contributed by atoms with van der Waals surface area (Å²) in [6.07, 6.45) is 1.11. The highest BCUT2D eigenvalue weighted by Crippen LogP contribution is 2.12. The quantitative estimate of drug-likeness (QED) is 0.691. The Morgan fingerprint density at radius 1 is 1.35 bits per heavy atom. The van der Waals surface area contributed by atoms with E-state index in [9.17, 15) is 4.79 Å². The number of likely N-dealkylation sites (N-methyl/N-ethyl adjacent to an activating group) is 2. The molecule has 2 aliphatic rings. The molecule has 2 aliphatic heterocycles. The maximum atomic E-state index is 12.2. The summed E-state index contributed by atoms with van der Waals surface area (Å²) in [7, 11) is 4.07. The number of piperazine rings is 1. The number of nitrogens with one attached hydrogen (secondary N) is 1. The lowest BCUT2D eigenvalue weighted by atomic mass is 10.2. The molecule has 0 radical (unpaired) electrons. The van der Waals surface area contributed by atoms with Crippen LogP contribution in [0.15, 0.2) is 0 Å². The Labute approximate surface area is 104 Å². The van der Waals surface area contributed by atoms with E-state index in [1.807, 2.05) is 11.9 Å². The number of hydrogen-bond donors (Lipinski definition) is 1. The molecule has 5 heteroatoms. The van der Waals surface area contributed by atoms with Gasteiger partial charge in [-0.3, -0.25) is 9.69 Å². The summed E-state index contributed by atoms with van der Waals surface area (Å²) in [5, 5.41) is 3.30. The molecule has 0 aromatic heterocycles. The molecule has 1 atom stereocenters. The molecule has 0 spiro atoms. The normalized spacial score (nSPS) is 27.3. The number of carbonyl (C=O) groups is 1. The first-order valence-electron chi connectivity index (χ1n) is 6.54. The number of rotatable bonds is 3. The van der Waals surface area contributed by atoms with Gasteiger partial charge in [0.05, 0.1) is 6.54 Å². The van der Waals surface area contributed by atoms with E-state index in [0.29, 0.717) is 12.6 Å². The molecular weight excluding hydrogens is 216 g/mol. The van der Waals surface area contributed by atoms with Crippen LogP contribution in [0.3, 0.4) is 0 Å². The lowest BCUT2D eigenvalue weighted by Gasteiger charge is -2.30. The third kappa shape index (κ3) is 3.40. The zero-order valence-electron chi connectivity index (χ0n) is 11.0. The van der Waals surface area contributed by atoms with E-state index in [1.54, 1.807) is 0 Å². The molecule has 0 saturated carbocycles. The van der Waals surface area contributed by atoms with Crippen LogP contribution in [0, 0.1) is 0 Å². The van der Waals surface area contributed by atoms with Gasteiger partial charge in [-0.1, -0.05) is 0 Å². The zero-order valence-corrected chi connectivity index (χ0v) is 11.0. The van der Waals surface area contributed by atoms with Crippen molar-refractivity contribution in [2.24, 2.45) is 0 Å². The van der Waals surface area contributed by atoms with Crippen molar-refractivity contribution in [3.63, 3.8) is 0 Å². The van der Waals surface area contributed by atoms with Gasteiger partial charge in [0.1, 0.15) is 0 Å². The van der Waals surface area contributed by atoms with Crippen molar-refractivity contribution >= 4 is 5.91 Å². The largest absolute Gasteiger partial charge is 0.340 e. The predicted octanol–water partition coefficient (Wildman–Crippen LogP) is -0.946. The van der Waals surface area contributed by atoms with E-state index in [4.69, 9.17) is 0 Å². The van der Waals surface area contributed by atoms with Crippen molar-refractivity contribution in [3.05, 3.63) is 0 Å². The van der Waals surface area contributed by atoms with Gasteiger partial charge < -0.3 is 15.1 Å². The Morgan fingerprint density at radius 3 is 2.65 bits per heavy atom. The zero-order chi connectivity index (χ0) is 12.3. The smallest absolute Gasteiger partial charge is 0.236 e. The second kappa shape index (κ2) is 5.80. The van der Waals surface area contributed by atoms with Gasteiger partial charge in [-0.05, 0) is 20.0 Å². The van der Waals surface area contributed by atoms with Gasteiger partial charge in [-0.15, -0.1) is 0 Å². The summed E-state index contributed by atoms with van der Waals surface area (Å²) >= 11 is 0. The highest BCUT2D eigenvalue weighted by molar-refractivity contribution is 5.78. The second-order valence-corrected chi connectivity index (χ2v) is 5.24. The fraction of sp³-hybridized carbons (Fsp3) is 0.917. The number of amides is 1. The van der Waals surface area contributed by atoms with E-state index in [2.05, 4.69) is 22.2 Å². The maximum Gasteiger partial charge on any atom is 0.236 e. The van der Waals surface area contributed by atoms with Crippen LogP contribution in [0.25, 0.3) is 0 Å². The van der Waals surface area contributed by atoms with Gasteiger partial charge in [0.25, 0.3) is 0 Å². The Hall–Kier alpha value is -0.650. The van der Waals surface area contributed by atoms with Crippen molar-refractivity contribution < 1.29 is 4.79 Å². The van der Waals surface area contributed by atoms with Gasteiger partial charge in [0.2, 0.25) is 5.91 Å². The molecule has 98 valence electrons. The predicted molar refractivity (Wildman–Crippen MR) is 68.0 cm³/mol. The molecule has 2 fully saturated rings. The Bertz CT molecular complexity index is 265. The van der Waals surface area contributed by atoms with Crippen molar-refractivity contribution in [2.75, 3.05) is 59.9 Å². The molecule has 0 aromatic carbocycles. The first-order valence-corrected chi connectivity index (χ1v) is 6.54. The minimum Gasteiger partial charge on any atom is -0.340 e. The van der Waals surface area contributed by atoms with Crippen LogP contribution in [0.4, 0.5) is 0 Å². The summed E-state index contributed by atoms with van der Waals surface area (Å²) in [5.41, 5.74) is 0. The van der Waals surface area contributed by atoms with E-state index >= 15 is 0 Å². The lowest BCUT2D eigenvalue weighted by Crippen LogP contribution is -2.49. The van der Waals surface area contributed by atoms with Crippen molar-refractivity contribution in [1.82, 2.24) is 20.0 Å². The standard InChI is InChI=1S/C12H24N4O/c1-14-6-3-11(9-14)15(2)12(17)10-16-7-4-13-5-8-16/h11,13H,3-10H2,1-2H3. The monoisotopic (exact) mass is 240 g/mol. The van der Waals surface area contributed by atoms with Crippen molar-refractivity contribution in [3.8, 4) is 0 Å². The summed E-state index contributed by atoms with van der Waals surface area (Å²) in [6.45, 7) is 6.69. The third-order valence-corrected chi connectivity index (χ3v) is 3.88. The topological polar surface area (TPSA) is 38.8 Å². The summed E-state index contributed by atoms with van der Waals surface area (Å²) in [4.78, 5) is 18.6. The molecule has 17 heavy (non-hydrogen) atoms. The van der Waals surface area contributed by atoms with E-state index in [-0.39, 0.29) is 5.91 Å². The Kier molecular flexibility index (Phi) is 4.36. The first kappa shape index (κ1) is 12.8. The van der Waals surface area contributed by atoms with E-state index in [0.717, 1.165) is 45.7 Å². The molecule has 5 nitrogen and oxygen atoms in total. The van der Waals surface area contributed by atoms with Crippen LogP contribution >= 0.6 is 0 Å². The fourth-order valence-corrected chi connectivity index (χ4v) is 2.60. The van der Waals surface area contributed by atoms with Gasteiger partial charge in [0.15, 0.2) is 0 Å². The number of nitrogens with zero attached hydrogens (tertiary/aromatic N) is 3. The average molecular weight is 240 g/mol.